The number of sulfone groups is 1. The van der Waals surface area contributed by atoms with Crippen LogP contribution < -0.4 is 10.1 Å². The van der Waals surface area contributed by atoms with E-state index in [0.29, 0.717) is 41.9 Å². The summed E-state index contributed by atoms with van der Waals surface area (Å²) in [5, 5.41) is 12.0. The van der Waals surface area contributed by atoms with Gasteiger partial charge in [0, 0.05) is 54.7 Å². The number of phenolic OH excluding ortho intramolecular Hbond substituents is 1. The molecule has 0 unspecified atom stereocenters. The molecule has 0 aliphatic carbocycles. The first-order chi connectivity index (χ1) is 26.5. The predicted octanol–water partition coefficient (Wildman–Crippen LogP) is 4.18. The molecule has 1 amide bonds. The van der Waals surface area contributed by atoms with Gasteiger partial charge in [0.1, 0.15) is 17.0 Å². The van der Waals surface area contributed by atoms with E-state index in [2.05, 4.69) is 27.7 Å². The van der Waals surface area contributed by atoms with Gasteiger partial charge in [0.2, 0.25) is 14.9 Å². The number of carbonyl (C=O) groups is 1. The summed E-state index contributed by atoms with van der Waals surface area (Å²) in [7, 11) is -6.09. The number of nitrogens with one attached hydrogen (secondary N) is 2. The molecule has 5 heterocycles. The number of aromatic nitrogens is 2. The minimum absolute atomic E-state index is 0.0393. The fourth-order valence-corrected chi connectivity index (χ4v) is 12.4. The standard InChI is InChI=1S/C39H48N6O9S2/c1-6-43-34-12-11-26-19-31(34)32(37(43)30-9-7-13-40-36(30)24(2)53-5)20-39(3,4)23-54-45(48)35-10-8-14-44(41-35)38(47)33(17-25-15-27(26)18-28(46)16-25)42-56(51,52)29-21-55(49,50)22-29/h7,9,11-13,15-16,18-19,24,29,33,35,41-42H,6,8,10,14,17,20-23H2,1-5H3/p+1/t24-,33-,35+/m0/s1. The highest BCUT2D eigenvalue weighted by molar-refractivity contribution is 7.98. The molecule has 2 fully saturated rings. The molecular weight excluding hydrogens is 761 g/mol. The van der Waals surface area contributed by atoms with Crippen LogP contribution in [0, 0.1) is 10.3 Å². The topological polar surface area (TPSA) is 189 Å². The number of benzene rings is 2. The van der Waals surface area contributed by atoms with Crippen molar-refractivity contribution in [1.82, 2.24) is 24.7 Å². The molecule has 0 spiro atoms. The molecule has 0 saturated carbocycles. The Kier molecular flexibility index (Phi) is 10.8. The lowest BCUT2D eigenvalue weighted by atomic mass is 9.84. The van der Waals surface area contributed by atoms with Crippen LogP contribution in [0.1, 0.15) is 63.5 Å². The summed E-state index contributed by atoms with van der Waals surface area (Å²) in [5.74, 6) is -1.82. The maximum absolute atomic E-state index is 14.2. The van der Waals surface area contributed by atoms with Gasteiger partial charge in [-0.2, -0.15) is 5.43 Å². The lowest BCUT2D eigenvalue weighted by molar-refractivity contribution is -0.835. The Labute approximate surface area is 326 Å². The van der Waals surface area contributed by atoms with Crippen molar-refractivity contribution >= 4 is 36.7 Å². The van der Waals surface area contributed by atoms with Crippen molar-refractivity contribution in [1.29, 1.82) is 0 Å². The van der Waals surface area contributed by atoms with E-state index in [-0.39, 0.29) is 31.4 Å². The highest BCUT2D eigenvalue weighted by Crippen LogP contribution is 2.42. The first-order valence-corrected chi connectivity index (χ1v) is 22.2. The summed E-state index contributed by atoms with van der Waals surface area (Å²) in [6.45, 7) is 8.97. The van der Waals surface area contributed by atoms with Crippen molar-refractivity contribution in [2.45, 2.75) is 83.5 Å². The number of ether oxygens (including phenoxy) is 1. The van der Waals surface area contributed by atoms with E-state index in [1.807, 2.05) is 51.1 Å². The lowest BCUT2D eigenvalue weighted by Gasteiger charge is -2.33. The van der Waals surface area contributed by atoms with Crippen LogP contribution in [0.4, 0.5) is 0 Å². The third-order valence-electron chi connectivity index (χ3n) is 10.9. The number of amides is 1. The number of carbonyl (C=O) groups excluding carboxylic acids is 1. The molecular formula is C39H49N6O9S2+. The smallest absolute Gasteiger partial charge is 0.326 e. The molecule has 17 heteroatoms. The van der Waals surface area contributed by atoms with Crippen LogP contribution in [0.15, 0.2) is 54.7 Å². The molecule has 300 valence electrons. The number of phenols is 1. The maximum atomic E-state index is 14.2. The Morgan fingerprint density at radius 3 is 2.64 bits per heavy atom. The SMILES string of the molecule is CCn1c(-c2cccnc2[C@H](C)OC)c2c3cc(ccc31)-c1cc(O)cc(c1)C[C@H](NS(=O)(=O)C1CS(=O)(=O)C1)C(=O)N1CCC[C@H](N1)[N+](=O)OCC(C)(C)C2. The van der Waals surface area contributed by atoms with E-state index in [1.165, 1.54) is 11.1 Å². The number of hydrogen-bond donors (Lipinski definition) is 3. The number of sulfonamides is 1. The average molecular weight is 810 g/mol. The summed E-state index contributed by atoms with van der Waals surface area (Å²) in [4.78, 5) is 38.8. The second-order valence-corrected chi connectivity index (χ2v) is 19.9. The summed E-state index contributed by atoms with van der Waals surface area (Å²) >= 11 is 0. The maximum Gasteiger partial charge on any atom is 0.326 e. The summed E-state index contributed by atoms with van der Waals surface area (Å²) in [6, 6.07) is 13.5. The molecule has 15 nitrogen and oxygen atoms in total. The predicted molar refractivity (Wildman–Crippen MR) is 210 cm³/mol. The van der Waals surface area contributed by atoms with E-state index in [0.717, 1.165) is 39.0 Å². The van der Waals surface area contributed by atoms with E-state index in [9.17, 15) is 31.6 Å². The van der Waals surface area contributed by atoms with E-state index in [1.54, 1.807) is 19.4 Å². The van der Waals surface area contributed by atoms with Crippen LogP contribution in [0.5, 0.6) is 5.75 Å². The van der Waals surface area contributed by atoms with E-state index in [4.69, 9.17) is 14.6 Å². The monoisotopic (exact) mass is 809 g/mol. The van der Waals surface area contributed by atoms with Crippen molar-refractivity contribution < 1.29 is 41.2 Å². The zero-order valence-electron chi connectivity index (χ0n) is 32.2. The first-order valence-electron chi connectivity index (χ1n) is 18.8. The molecule has 56 heavy (non-hydrogen) atoms. The quantitative estimate of drug-likeness (QED) is 0.243. The number of methoxy groups -OCH3 is 1. The molecule has 3 atom stereocenters. The highest BCUT2D eigenvalue weighted by atomic mass is 32.2. The zero-order valence-corrected chi connectivity index (χ0v) is 33.8. The second-order valence-electron chi connectivity index (χ2n) is 15.8. The van der Waals surface area contributed by atoms with Crippen LogP contribution in [0.2, 0.25) is 0 Å². The van der Waals surface area contributed by atoms with Gasteiger partial charge in [-0.3, -0.25) is 14.8 Å². The average Bonchev–Trinajstić information content (AvgIpc) is 3.45. The van der Waals surface area contributed by atoms with Crippen LogP contribution in [0.25, 0.3) is 33.3 Å². The van der Waals surface area contributed by atoms with Gasteiger partial charge >= 0.3 is 6.17 Å². The Balaban J connectivity index is 1.39. The van der Waals surface area contributed by atoms with Gasteiger partial charge in [-0.15, -0.1) is 0 Å². The van der Waals surface area contributed by atoms with E-state index >= 15 is 0 Å². The molecule has 2 saturated heterocycles. The molecule has 3 N–H and O–H groups in total. The van der Waals surface area contributed by atoms with Gasteiger partial charge in [0.25, 0.3) is 5.91 Å². The third-order valence-corrected chi connectivity index (χ3v) is 15.0. The van der Waals surface area contributed by atoms with Crippen LogP contribution in [-0.2, 0) is 53.6 Å². The van der Waals surface area contributed by atoms with Gasteiger partial charge in [0.05, 0.1) is 33.9 Å². The van der Waals surface area contributed by atoms with Crippen LogP contribution in [0.3, 0.4) is 0 Å². The zero-order chi connectivity index (χ0) is 40.2. The number of hydrogen-bond acceptors (Lipinski definition) is 11. The van der Waals surface area contributed by atoms with Crippen molar-refractivity contribution in [2.24, 2.45) is 5.41 Å². The molecule has 4 aromatic rings. The number of rotatable bonds is 7. The number of nitrogens with zero attached hydrogens (tertiary/aromatic N) is 4. The fourth-order valence-electron chi connectivity index (χ4n) is 7.96. The minimum atomic E-state index is -4.26. The molecule has 6 bridgehead atoms. The Bertz CT molecular complexity index is 2400. The van der Waals surface area contributed by atoms with Crippen molar-refractivity contribution in [2.75, 3.05) is 31.8 Å². The fraction of sp³-hybridized carbons (Fsp3) is 0.487. The Hall–Kier alpha value is -4.42. The number of fused-ring (bicyclic) bond motifs is 6. The first kappa shape index (κ1) is 39.8. The lowest BCUT2D eigenvalue weighted by Crippen LogP contribution is -2.62. The van der Waals surface area contributed by atoms with Gasteiger partial charge < -0.3 is 14.4 Å². The van der Waals surface area contributed by atoms with Crippen molar-refractivity contribution in [3.63, 3.8) is 0 Å². The molecule has 7 rings (SSSR count). The van der Waals surface area contributed by atoms with Crippen molar-refractivity contribution in [3.05, 3.63) is 76.5 Å². The van der Waals surface area contributed by atoms with Crippen LogP contribution >= 0.6 is 0 Å². The highest BCUT2D eigenvalue weighted by Gasteiger charge is 2.45. The number of hydrazine groups is 1. The van der Waals surface area contributed by atoms with Crippen molar-refractivity contribution in [3.8, 4) is 28.1 Å². The molecule has 0 radical (unpaired) electrons. The molecule has 2 aromatic heterocycles. The number of aryl methyl sites for hydroxylation is 1. The second kappa shape index (κ2) is 15.2. The van der Waals surface area contributed by atoms with Gasteiger partial charge in [-0.05, 0) is 91.8 Å². The van der Waals surface area contributed by atoms with Gasteiger partial charge in [-0.1, -0.05) is 26.0 Å². The summed E-state index contributed by atoms with van der Waals surface area (Å²) < 4.78 is 61.2. The largest absolute Gasteiger partial charge is 0.508 e. The van der Waals surface area contributed by atoms with Gasteiger partial charge in [-0.25, -0.2) is 26.4 Å². The Morgan fingerprint density at radius 1 is 1.16 bits per heavy atom. The molecule has 2 aromatic carbocycles. The van der Waals surface area contributed by atoms with E-state index < -0.39 is 60.1 Å². The molecule has 3 aliphatic heterocycles. The number of pyridine rings is 1. The normalized spacial score (nSPS) is 22.3. The molecule has 3 aliphatic rings. The number of aromatic hydroxyl groups is 1. The Morgan fingerprint density at radius 2 is 1.93 bits per heavy atom. The summed E-state index contributed by atoms with van der Waals surface area (Å²) in [6.07, 6.45) is 1.64. The minimum Gasteiger partial charge on any atom is -0.508 e. The third kappa shape index (κ3) is 7.92. The van der Waals surface area contributed by atoms with Crippen LogP contribution in [-0.4, -0.2) is 96.6 Å². The summed E-state index contributed by atoms with van der Waals surface area (Å²) in [5.41, 5.74) is 8.93. The van der Waals surface area contributed by atoms with Gasteiger partial charge in [0.15, 0.2) is 16.4 Å².